The second-order valence-corrected chi connectivity index (χ2v) is 4.52. The number of hydrogen-bond donors (Lipinski definition) is 0. The Kier molecular flexibility index (Phi) is 6.39. The maximum Gasteiger partial charge on any atom is 0.242 e. The molecule has 0 radical (unpaired) electrons. The minimum absolute atomic E-state index is 0.0256. The van der Waals surface area contributed by atoms with Crippen LogP contribution in [0.5, 0.6) is 0 Å². The first-order chi connectivity index (χ1) is 8.36. The van der Waals surface area contributed by atoms with Gasteiger partial charge in [0, 0.05) is 20.1 Å². The average Bonchev–Trinajstić information content (AvgIpc) is 2.38. The first kappa shape index (κ1) is 16.4. The molecule has 0 spiro atoms. The Morgan fingerprint density at radius 2 is 1.72 bits per heavy atom. The molecule has 0 N–H and O–H groups in total. The van der Waals surface area contributed by atoms with Gasteiger partial charge in [0.2, 0.25) is 11.8 Å². The van der Waals surface area contributed by atoms with Gasteiger partial charge in [0.15, 0.2) is 0 Å². The van der Waals surface area contributed by atoms with E-state index in [-0.39, 0.29) is 18.4 Å². The van der Waals surface area contributed by atoms with Gasteiger partial charge in [0.1, 0.15) is 5.41 Å². The molecular formula is C13H23N3O2. The van der Waals surface area contributed by atoms with E-state index in [2.05, 4.69) is 0 Å². The largest absolute Gasteiger partial charge is 0.342 e. The third kappa shape index (κ3) is 3.73. The SMILES string of the molecule is CCN(CC)C(=O)CN(C)C(=O)C(C)(C#N)CC. The predicted molar refractivity (Wildman–Crippen MR) is 69.6 cm³/mol. The summed E-state index contributed by atoms with van der Waals surface area (Å²) < 4.78 is 0. The van der Waals surface area contributed by atoms with Gasteiger partial charge in [-0.05, 0) is 27.2 Å². The van der Waals surface area contributed by atoms with Gasteiger partial charge in [-0.3, -0.25) is 9.59 Å². The van der Waals surface area contributed by atoms with Crippen molar-refractivity contribution in [1.82, 2.24) is 9.80 Å². The Morgan fingerprint density at radius 3 is 2.06 bits per heavy atom. The molecule has 5 heteroatoms. The zero-order valence-electron chi connectivity index (χ0n) is 12.0. The van der Waals surface area contributed by atoms with Crippen LogP contribution in [-0.4, -0.2) is 48.3 Å². The number of carbonyl (C=O) groups excluding carboxylic acids is 2. The topological polar surface area (TPSA) is 64.4 Å². The summed E-state index contributed by atoms with van der Waals surface area (Å²) in [7, 11) is 1.56. The number of rotatable bonds is 6. The quantitative estimate of drug-likeness (QED) is 0.715. The van der Waals surface area contributed by atoms with Crippen LogP contribution in [0.1, 0.15) is 34.1 Å². The normalized spacial score (nSPS) is 13.3. The van der Waals surface area contributed by atoms with Crippen molar-refractivity contribution in [3.63, 3.8) is 0 Å². The Labute approximate surface area is 109 Å². The van der Waals surface area contributed by atoms with E-state index >= 15 is 0 Å². The van der Waals surface area contributed by atoms with Crippen LogP contribution >= 0.6 is 0 Å². The molecule has 0 bridgehead atoms. The highest BCUT2D eigenvalue weighted by Crippen LogP contribution is 2.22. The number of carbonyl (C=O) groups is 2. The molecule has 1 atom stereocenters. The number of amides is 2. The summed E-state index contributed by atoms with van der Waals surface area (Å²) in [6.45, 7) is 8.47. The fraction of sp³-hybridized carbons (Fsp3) is 0.769. The van der Waals surface area contributed by atoms with Crippen molar-refractivity contribution in [3.05, 3.63) is 0 Å². The van der Waals surface area contributed by atoms with E-state index in [1.807, 2.05) is 19.9 Å². The van der Waals surface area contributed by atoms with Gasteiger partial charge in [-0.15, -0.1) is 0 Å². The Balaban J connectivity index is 4.69. The summed E-state index contributed by atoms with van der Waals surface area (Å²) in [5.41, 5.74) is -1.04. The van der Waals surface area contributed by atoms with E-state index in [1.54, 1.807) is 25.8 Å². The van der Waals surface area contributed by atoms with Crippen LogP contribution < -0.4 is 0 Å². The highest BCUT2D eigenvalue weighted by molar-refractivity contribution is 5.89. The number of nitriles is 1. The van der Waals surface area contributed by atoms with Gasteiger partial charge in [-0.2, -0.15) is 5.26 Å². The minimum atomic E-state index is -1.04. The summed E-state index contributed by atoms with van der Waals surface area (Å²) >= 11 is 0. The molecule has 5 nitrogen and oxygen atoms in total. The zero-order chi connectivity index (χ0) is 14.3. The summed E-state index contributed by atoms with van der Waals surface area (Å²) in [6.07, 6.45) is 0.437. The first-order valence-electron chi connectivity index (χ1n) is 6.30. The number of hydrogen-bond acceptors (Lipinski definition) is 3. The molecule has 0 aromatic heterocycles. The molecule has 0 aliphatic heterocycles. The summed E-state index contributed by atoms with van der Waals surface area (Å²) in [5, 5.41) is 9.05. The number of likely N-dealkylation sites (N-methyl/N-ethyl adjacent to an activating group) is 2. The van der Waals surface area contributed by atoms with E-state index in [0.717, 1.165) is 0 Å². The van der Waals surface area contributed by atoms with Crippen LogP contribution in [0.25, 0.3) is 0 Å². The molecule has 0 aromatic rings. The van der Waals surface area contributed by atoms with Crippen LogP contribution in [0.4, 0.5) is 0 Å². The van der Waals surface area contributed by atoms with Crippen molar-refractivity contribution in [2.75, 3.05) is 26.7 Å². The van der Waals surface area contributed by atoms with Gasteiger partial charge in [0.25, 0.3) is 0 Å². The van der Waals surface area contributed by atoms with Gasteiger partial charge >= 0.3 is 0 Å². The van der Waals surface area contributed by atoms with Crippen molar-refractivity contribution in [3.8, 4) is 6.07 Å². The molecule has 2 amide bonds. The summed E-state index contributed by atoms with van der Waals surface area (Å²) in [5.74, 6) is -0.389. The lowest BCUT2D eigenvalue weighted by atomic mass is 9.88. The fourth-order valence-corrected chi connectivity index (χ4v) is 1.65. The lowest BCUT2D eigenvalue weighted by Crippen LogP contribution is -2.45. The molecular weight excluding hydrogens is 230 g/mol. The number of nitrogens with zero attached hydrogens (tertiary/aromatic N) is 3. The lowest BCUT2D eigenvalue weighted by molar-refractivity contribution is -0.143. The monoisotopic (exact) mass is 253 g/mol. The molecule has 0 saturated carbocycles. The molecule has 0 aliphatic carbocycles. The van der Waals surface area contributed by atoms with E-state index in [9.17, 15) is 9.59 Å². The zero-order valence-corrected chi connectivity index (χ0v) is 12.0. The van der Waals surface area contributed by atoms with Crippen LogP contribution in [0.3, 0.4) is 0 Å². The molecule has 0 heterocycles. The smallest absolute Gasteiger partial charge is 0.242 e. The molecule has 0 aliphatic rings. The van der Waals surface area contributed by atoms with Gasteiger partial charge in [-0.25, -0.2) is 0 Å². The van der Waals surface area contributed by atoms with E-state index < -0.39 is 5.41 Å². The van der Waals surface area contributed by atoms with Crippen molar-refractivity contribution < 1.29 is 9.59 Å². The standard InChI is InChI=1S/C13H23N3O2/c1-6-13(4,10-14)12(18)15(5)9-11(17)16(7-2)8-3/h6-9H2,1-5H3. The Morgan fingerprint density at radius 1 is 1.22 bits per heavy atom. The molecule has 0 saturated heterocycles. The maximum absolute atomic E-state index is 12.1. The van der Waals surface area contributed by atoms with E-state index in [1.165, 1.54) is 4.90 Å². The van der Waals surface area contributed by atoms with Crippen molar-refractivity contribution in [2.45, 2.75) is 34.1 Å². The first-order valence-corrected chi connectivity index (χ1v) is 6.30. The third-order valence-electron chi connectivity index (χ3n) is 3.26. The maximum atomic E-state index is 12.1. The van der Waals surface area contributed by atoms with Crippen molar-refractivity contribution >= 4 is 11.8 Å². The lowest BCUT2D eigenvalue weighted by Gasteiger charge is -2.28. The molecule has 1 unspecified atom stereocenters. The molecule has 18 heavy (non-hydrogen) atoms. The predicted octanol–water partition coefficient (Wildman–Crippen LogP) is 1.25. The van der Waals surface area contributed by atoms with Crippen molar-refractivity contribution in [2.24, 2.45) is 5.41 Å². The Hall–Kier alpha value is -1.57. The highest BCUT2D eigenvalue weighted by atomic mass is 16.2. The van der Waals surface area contributed by atoms with E-state index in [4.69, 9.17) is 5.26 Å². The third-order valence-corrected chi connectivity index (χ3v) is 3.26. The average molecular weight is 253 g/mol. The minimum Gasteiger partial charge on any atom is -0.342 e. The van der Waals surface area contributed by atoms with Gasteiger partial charge in [0.05, 0.1) is 12.6 Å². The summed E-state index contributed by atoms with van der Waals surface area (Å²) in [4.78, 5) is 27.0. The van der Waals surface area contributed by atoms with Gasteiger partial charge in [-0.1, -0.05) is 6.92 Å². The molecule has 0 fully saturated rings. The summed E-state index contributed by atoms with van der Waals surface area (Å²) in [6, 6.07) is 2.02. The molecule has 0 rings (SSSR count). The highest BCUT2D eigenvalue weighted by Gasteiger charge is 2.34. The van der Waals surface area contributed by atoms with Crippen LogP contribution in [0, 0.1) is 16.7 Å². The van der Waals surface area contributed by atoms with Crippen LogP contribution in [0.2, 0.25) is 0 Å². The second kappa shape index (κ2) is 7.00. The van der Waals surface area contributed by atoms with Crippen LogP contribution in [-0.2, 0) is 9.59 Å². The second-order valence-electron chi connectivity index (χ2n) is 4.52. The fourth-order valence-electron chi connectivity index (χ4n) is 1.65. The molecule has 0 aromatic carbocycles. The van der Waals surface area contributed by atoms with E-state index in [0.29, 0.717) is 19.5 Å². The molecule has 102 valence electrons. The van der Waals surface area contributed by atoms with Crippen molar-refractivity contribution in [1.29, 1.82) is 5.26 Å². The van der Waals surface area contributed by atoms with Crippen LogP contribution in [0.15, 0.2) is 0 Å². The van der Waals surface area contributed by atoms with Gasteiger partial charge < -0.3 is 9.80 Å². The Bertz CT molecular complexity index is 345.